The largest absolute Gasteiger partial charge is 0.489 e. The number of ether oxygens (including phenoxy) is 1. The molecule has 20 heavy (non-hydrogen) atoms. The van der Waals surface area contributed by atoms with Gasteiger partial charge in [0.25, 0.3) is 0 Å². The van der Waals surface area contributed by atoms with Crippen molar-refractivity contribution in [2.75, 3.05) is 6.61 Å². The number of hydrogen-bond donors (Lipinski definition) is 0. The predicted octanol–water partition coefficient (Wildman–Crippen LogP) is 4.09. The number of rotatable bonds is 6. The molecule has 0 spiro atoms. The SMILES string of the molecule is C=C(C)COc1ccc2c(CCCC)cc(=O)oc2c1. The number of unbranched alkanes of at least 4 members (excludes halogenated alkanes) is 1. The van der Waals surface area contributed by atoms with Gasteiger partial charge in [-0.15, -0.1) is 0 Å². The highest BCUT2D eigenvalue weighted by atomic mass is 16.5. The second-order valence-corrected chi connectivity index (χ2v) is 5.10. The molecular formula is C17H20O3. The van der Waals surface area contributed by atoms with Crippen molar-refractivity contribution in [3.8, 4) is 5.75 Å². The molecule has 1 heterocycles. The minimum atomic E-state index is -0.305. The predicted molar refractivity (Wildman–Crippen MR) is 81.4 cm³/mol. The average Bonchev–Trinajstić information content (AvgIpc) is 2.41. The van der Waals surface area contributed by atoms with Crippen LogP contribution in [-0.2, 0) is 6.42 Å². The van der Waals surface area contributed by atoms with Crippen LogP contribution in [0.15, 0.2) is 45.6 Å². The van der Waals surface area contributed by atoms with Crippen molar-refractivity contribution in [2.24, 2.45) is 0 Å². The molecule has 1 aromatic carbocycles. The van der Waals surface area contributed by atoms with Gasteiger partial charge in [0.05, 0.1) is 0 Å². The van der Waals surface area contributed by atoms with E-state index in [4.69, 9.17) is 9.15 Å². The van der Waals surface area contributed by atoms with E-state index in [-0.39, 0.29) is 5.63 Å². The molecule has 0 N–H and O–H groups in total. The molecule has 0 aliphatic rings. The third-order valence-electron chi connectivity index (χ3n) is 3.09. The monoisotopic (exact) mass is 272 g/mol. The fourth-order valence-electron chi connectivity index (χ4n) is 2.08. The fourth-order valence-corrected chi connectivity index (χ4v) is 2.08. The molecule has 0 amide bonds. The normalized spacial score (nSPS) is 10.7. The maximum atomic E-state index is 11.6. The summed E-state index contributed by atoms with van der Waals surface area (Å²) in [5.41, 5.74) is 2.27. The summed E-state index contributed by atoms with van der Waals surface area (Å²) in [5.74, 6) is 0.691. The molecule has 0 aliphatic carbocycles. The zero-order chi connectivity index (χ0) is 14.5. The van der Waals surface area contributed by atoms with E-state index in [9.17, 15) is 4.79 Å². The second kappa shape index (κ2) is 6.42. The Hall–Kier alpha value is -2.03. The third-order valence-corrected chi connectivity index (χ3v) is 3.09. The Labute approximate surface area is 118 Å². The molecule has 1 aromatic heterocycles. The van der Waals surface area contributed by atoms with Gasteiger partial charge in [-0.1, -0.05) is 19.9 Å². The van der Waals surface area contributed by atoms with Crippen LogP contribution in [0.5, 0.6) is 5.75 Å². The van der Waals surface area contributed by atoms with Crippen molar-refractivity contribution < 1.29 is 9.15 Å². The van der Waals surface area contributed by atoms with E-state index in [2.05, 4.69) is 13.5 Å². The third kappa shape index (κ3) is 3.50. The van der Waals surface area contributed by atoms with E-state index in [0.29, 0.717) is 17.9 Å². The first-order valence-electron chi connectivity index (χ1n) is 6.94. The molecule has 3 nitrogen and oxygen atoms in total. The second-order valence-electron chi connectivity index (χ2n) is 5.10. The highest BCUT2D eigenvalue weighted by molar-refractivity contribution is 5.81. The van der Waals surface area contributed by atoms with Crippen LogP contribution in [0.2, 0.25) is 0 Å². The van der Waals surface area contributed by atoms with Gasteiger partial charge in [-0.25, -0.2) is 4.79 Å². The highest BCUT2D eigenvalue weighted by Crippen LogP contribution is 2.24. The first-order chi connectivity index (χ1) is 9.60. The van der Waals surface area contributed by atoms with Gasteiger partial charge in [0.2, 0.25) is 0 Å². The summed E-state index contributed by atoms with van der Waals surface area (Å²) in [6.45, 7) is 8.30. The summed E-state index contributed by atoms with van der Waals surface area (Å²) in [6, 6.07) is 7.22. The van der Waals surface area contributed by atoms with Crippen molar-refractivity contribution in [1.29, 1.82) is 0 Å². The number of hydrogen-bond acceptors (Lipinski definition) is 3. The molecule has 0 fully saturated rings. The molecule has 0 aliphatic heterocycles. The zero-order valence-electron chi connectivity index (χ0n) is 12.1. The van der Waals surface area contributed by atoms with E-state index in [1.54, 1.807) is 12.1 Å². The number of fused-ring (bicyclic) bond motifs is 1. The maximum absolute atomic E-state index is 11.6. The standard InChI is InChI=1S/C17H20O3/c1-4-5-6-13-9-17(18)20-16-10-14(7-8-15(13)16)19-11-12(2)3/h7-10H,2,4-6,11H2,1,3H3. The van der Waals surface area contributed by atoms with Gasteiger partial charge in [-0.3, -0.25) is 0 Å². The lowest BCUT2D eigenvalue weighted by Gasteiger charge is -2.08. The van der Waals surface area contributed by atoms with Crippen LogP contribution >= 0.6 is 0 Å². The summed E-state index contributed by atoms with van der Waals surface area (Å²) >= 11 is 0. The van der Waals surface area contributed by atoms with E-state index in [1.807, 2.05) is 19.1 Å². The Morgan fingerprint density at radius 2 is 2.15 bits per heavy atom. The van der Waals surface area contributed by atoms with E-state index >= 15 is 0 Å². The number of aryl methyl sites for hydroxylation is 1. The Morgan fingerprint density at radius 1 is 1.35 bits per heavy atom. The van der Waals surface area contributed by atoms with Crippen molar-refractivity contribution in [3.05, 3.63) is 52.4 Å². The van der Waals surface area contributed by atoms with Crippen molar-refractivity contribution in [3.63, 3.8) is 0 Å². The molecule has 2 aromatic rings. The summed E-state index contributed by atoms with van der Waals surface area (Å²) in [4.78, 5) is 11.6. The van der Waals surface area contributed by atoms with E-state index in [0.717, 1.165) is 35.8 Å². The molecule has 0 atom stereocenters. The van der Waals surface area contributed by atoms with Crippen LogP contribution in [0.1, 0.15) is 32.3 Å². The summed E-state index contributed by atoms with van der Waals surface area (Å²) in [5, 5.41) is 0.987. The molecular weight excluding hydrogens is 252 g/mol. The Bertz CT molecular complexity index is 667. The Morgan fingerprint density at radius 3 is 2.85 bits per heavy atom. The highest BCUT2D eigenvalue weighted by Gasteiger charge is 2.07. The first kappa shape index (κ1) is 14.4. The first-order valence-corrected chi connectivity index (χ1v) is 6.94. The van der Waals surface area contributed by atoms with Crippen molar-refractivity contribution >= 4 is 11.0 Å². The minimum Gasteiger partial charge on any atom is -0.489 e. The molecule has 0 bridgehead atoms. The smallest absolute Gasteiger partial charge is 0.336 e. The van der Waals surface area contributed by atoms with Gasteiger partial charge < -0.3 is 9.15 Å². The van der Waals surface area contributed by atoms with Crippen LogP contribution in [-0.4, -0.2) is 6.61 Å². The maximum Gasteiger partial charge on any atom is 0.336 e. The van der Waals surface area contributed by atoms with Gasteiger partial charge in [0, 0.05) is 17.5 Å². The van der Waals surface area contributed by atoms with Crippen molar-refractivity contribution in [2.45, 2.75) is 33.1 Å². The summed E-state index contributed by atoms with van der Waals surface area (Å²) in [6.07, 6.45) is 3.05. The zero-order valence-corrected chi connectivity index (χ0v) is 12.1. The van der Waals surface area contributed by atoms with Gasteiger partial charge in [-0.05, 0) is 43.0 Å². The van der Waals surface area contributed by atoms with Crippen LogP contribution in [0.25, 0.3) is 11.0 Å². The molecule has 106 valence electrons. The lowest BCUT2D eigenvalue weighted by molar-refractivity contribution is 0.352. The van der Waals surface area contributed by atoms with Crippen LogP contribution < -0.4 is 10.4 Å². The summed E-state index contributed by atoms with van der Waals surface area (Å²) < 4.78 is 10.8. The quantitative estimate of drug-likeness (QED) is 0.587. The van der Waals surface area contributed by atoms with E-state index < -0.39 is 0 Å². The molecule has 2 rings (SSSR count). The average molecular weight is 272 g/mol. The molecule has 0 saturated carbocycles. The minimum absolute atomic E-state index is 0.305. The van der Waals surface area contributed by atoms with Gasteiger partial charge in [0.15, 0.2) is 0 Å². The van der Waals surface area contributed by atoms with Gasteiger partial charge >= 0.3 is 5.63 Å². The molecule has 0 unspecified atom stereocenters. The van der Waals surface area contributed by atoms with Crippen LogP contribution in [0, 0.1) is 0 Å². The van der Waals surface area contributed by atoms with Crippen molar-refractivity contribution in [1.82, 2.24) is 0 Å². The number of benzene rings is 1. The Balaban J connectivity index is 2.37. The van der Waals surface area contributed by atoms with Crippen LogP contribution in [0.4, 0.5) is 0 Å². The topological polar surface area (TPSA) is 39.4 Å². The van der Waals surface area contributed by atoms with Gasteiger partial charge in [0.1, 0.15) is 17.9 Å². The molecule has 0 radical (unpaired) electrons. The van der Waals surface area contributed by atoms with E-state index in [1.165, 1.54) is 0 Å². The summed E-state index contributed by atoms with van der Waals surface area (Å²) in [7, 11) is 0. The lowest BCUT2D eigenvalue weighted by Crippen LogP contribution is -2.02. The van der Waals surface area contributed by atoms with Crippen LogP contribution in [0.3, 0.4) is 0 Å². The molecule has 0 saturated heterocycles. The molecule has 3 heteroatoms. The van der Waals surface area contributed by atoms with Gasteiger partial charge in [-0.2, -0.15) is 0 Å². The Kier molecular flexibility index (Phi) is 4.61. The lowest BCUT2D eigenvalue weighted by atomic mass is 10.0. The fraction of sp³-hybridized carbons (Fsp3) is 0.353.